The number of nitrogens with one attached hydrogen (secondary N) is 1. The molecule has 0 amide bonds. The minimum Gasteiger partial charge on any atom is -0.376 e. The van der Waals surface area contributed by atoms with Gasteiger partial charge in [-0.15, -0.1) is 5.10 Å². The molecule has 0 unspecified atom stereocenters. The first-order valence-corrected chi connectivity index (χ1v) is 8.28. The maximum Gasteiger partial charge on any atom is 0.0965 e. The molecule has 2 rings (SSSR count). The molecule has 0 radical (unpaired) electrons. The summed E-state index contributed by atoms with van der Waals surface area (Å²) in [5.74, 6) is 0. The fourth-order valence-electron chi connectivity index (χ4n) is 2.61. The third kappa shape index (κ3) is 6.57. The van der Waals surface area contributed by atoms with Crippen LogP contribution < -0.4 is 5.32 Å². The maximum atomic E-state index is 5.99. The van der Waals surface area contributed by atoms with Gasteiger partial charge in [-0.3, -0.25) is 0 Å². The van der Waals surface area contributed by atoms with Gasteiger partial charge < -0.3 is 10.1 Å². The van der Waals surface area contributed by atoms with E-state index < -0.39 is 0 Å². The molecule has 1 saturated carbocycles. The Bertz CT molecular complexity index is 403. The van der Waals surface area contributed by atoms with Gasteiger partial charge in [0, 0.05) is 18.3 Å². The summed E-state index contributed by atoms with van der Waals surface area (Å²) in [7, 11) is 0. The van der Waals surface area contributed by atoms with Crippen molar-refractivity contribution < 1.29 is 4.74 Å². The van der Waals surface area contributed by atoms with Crippen LogP contribution in [-0.2, 0) is 17.8 Å². The highest BCUT2D eigenvalue weighted by molar-refractivity contribution is 4.93. The van der Waals surface area contributed by atoms with Crippen molar-refractivity contribution in [2.45, 2.75) is 84.0 Å². The van der Waals surface area contributed by atoms with Crippen molar-refractivity contribution in [3.05, 3.63) is 11.9 Å². The monoisotopic (exact) mass is 294 g/mol. The van der Waals surface area contributed by atoms with Crippen LogP contribution in [0.2, 0.25) is 0 Å². The maximum absolute atomic E-state index is 5.99. The third-order valence-electron chi connectivity index (χ3n) is 3.86. The second kappa shape index (κ2) is 7.90. The summed E-state index contributed by atoms with van der Waals surface area (Å²) in [5, 5.41) is 11.8. The zero-order valence-electron chi connectivity index (χ0n) is 13.8. The van der Waals surface area contributed by atoms with E-state index >= 15 is 0 Å². The average molecular weight is 294 g/mol. The number of hydrogen-bond acceptors (Lipinski definition) is 4. The summed E-state index contributed by atoms with van der Waals surface area (Å²) in [4.78, 5) is 0. The summed E-state index contributed by atoms with van der Waals surface area (Å²) >= 11 is 0. The molecule has 1 aliphatic carbocycles. The van der Waals surface area contributed by atoms with Crippen LogP contribution >= 0.6 is 0 Å². The van der Waals surface area contributed by atoms with Gasteiger partial charge in [-0.25, -0.2) is 4.68 Å². The van der Waals surface area contributed by atoms with Crippen LogP contribution in [0, 0.1) is 0 Å². The molecule has 5 heteroatoms. The van der Waals surface area contributed by atoms with Crippen LogP contribution in [0.1, 0.15) is 65.0 Å². The van der Waals surface area contributed by atoms with Crippen LogP contribution in [0.25, 0.3) is 0 Å². The molecule has 120 valence electrons. The second-order valence-electron chi connectivity index (χ2n) is 7.06. The van der Waals surface area contributed by atoms with Gasteiger partial charge in [-0.1, -0.05) is 30.9 Å². The molecular formula is C16H30N4O. The molecule has 0 atom stereocenters. The van der Waals surface area contributed by atoms with Crippen molar-refractivity contribution in [2.24, 2.45) is 0 Å². The van der Waals surface area contributed by atoms with E-state index in [0.717, 1.165) is 25.4 Å². The first kappa shape index (κ1) is 16.4. The lowest BCUT2D eigenvalue weighted by atomic mass is 10.1. The van der Waals surface area contributed by atoms with Gasteiger partial charge in [-0.2, -0.15) is 0 Å². The summed E-state index contributed by atoms with van der Waals surface area (Å²) < 4.78 is 7.87. The van der Waals surface area contributed by atoms with Crippen molar-refractivity contribution in [3.63, 3.8) is 0 Å². The Morgan fingerprint density at radius 2 is 1.95 bits per heavy atom. The highest BCUT2D eigenvalue weighted by atomic mass is 16.5. The highest BCUT2D eigenvalue weighted by Gasteiger charge is 2.13. The van der Waals surface area contributed by atoms with Crippen molar-refractivity contribution >= 4 is 0 Å². The Morgan fingerprint density at radius 1 is 1.24 bits per heavy atom. The number of nitrogens with zero attached hydrogens (tertiary/aromatic N) is 3. The fraction of sp³-hybridized carbons (Fsp3) is 0.875. The molecule has 0 spiro atoms. The van der Waals surface area contributed by atoms with Crippen molar-refractivity contribution in [2.75, 3.05) is 6.61 Å². The Kier molecular flexibility index (Phi) is 6.18. The third-order valence-corrected chi connectivity index (χ3v) is 3.86. The molecule has 0 aromatic carbocycles. The normalized spacial score (nSPS) is 17.9. The quantitative estimate of drug-likeness (QED) is 0.820. The number of rotatable bonds is 6. The van der Waals surface area contributed by atoms with Crippen molar-refractivity contribution in [3.8, 4) is 0 Å². The molecule has 0 bridgehead atoms. The summed E-state index contributed by atoms with van der Waals surface area (Å²) in [6.07, 6.45) is 10.3. The van der Waals surface area contributed by atoms with Crippen LogP contribution in [0.3, 0.4) is 0 Å². The molecule has 21 heavy (non-hydrogen) atoms. The van der Waals surface area contributed by atoms with E-state index in [1.54, 1.807) is 0 Å². The Hall–Kier alpha value is -0.940. The van der Waals surface area contributed by atoms with Gasteiger partial charge >= 0.3 is 0 Å². The first-order valence-electron chi connectivity index (χ1n) is 8.28. The Balaban J connectivity index is 1.67. The second-order valence-corrected chi connectivity index (χ2v) is 7.06. The predicted octanol–water partition coefficient (Wildman–Crippen LogP) is 2.91. The molecule has 5 nitrogen and oxygen atoms in total. The summed E-state index contributed by atoms with van der Waals surface area (Å²) in [5.41, 5.74) is 1.09. The molecule has 1 aromatic rings. The smallest absolute Gasteiger partial charge is 0.0965 e. The van der Waals surface area contributed by atoms with E-state index in [1.807, 2.05) is 10.9 Å². The Morgan fingerprint density at radius 3 is 2.62 bits per heavy atom. The van der Waals surface area contributed by atoms with Crippen LogP contribution in [-0.4, -0.2) is 33.2 Å². The van der Waals surface area contributed by atoms with Gasteiger partial charge in [0.1, 0.15) is 0 Å². The SMILES string of the molecule is CC(C)(C)NCc1cn(CCOC2CCCCCC2)nn1. The van der Waals surface area contributed by atoms with Gasteiger partial charge in [0.05, 0.1) is 24.9 Å². The van der Waals surface area contributed by atoms with Gasteiger partial charge in [0.15, 0.2) is 0 Å². The predicted molar refractivity (Wildman–Crippen MR) is 84.1 cm³/mol. The lowest BCUT2D eigenvalue weighted by molar-refractivity contribution is 0.0367. The largest absolute Gasteiger partial charge is 0.376 e. The van der Waals surface area contributed by atoms with Gasteiger partial charge in [-0.05, 0) is 33.6 Å². The minimum absolute atomic E-state index is 0.104. The molecule has 0 aliphatic heterocycles. The van der Waals surface area contributed by atoms with E-state index in [-0.39, 0.29) is 5.54 Å². The lowest BCUT2D eigenvalue weighted by Crippen LogP contribution is -2.35. The van der Waals surface area contributed by atoms with Crippen LogP contribution in [0.5, 0.6) is 0 Å². The Labute approximate surface area is 128 Å². The van der Waals surface area contributed by atoms with Crippen molar-refractivity contribution in [1.82, 2.24) is 20.3 Å². The van der Waals surface area contributed by atoms with Gasteiger partial charge in [0.2, 0.25) is 0 Å². The van der Waals surface area contributed by atoms with E-state index in [9.17, 15) is 0 Å². The van der Waals surface area contributed by atoms with Crippen LogP contribution in [0.4, 0.5) is 0 Å². The minimum atomic E-state index is 0.104. The van der Waals surface area contributed by atoms with Crippen molar-refractivity contribution in [1.29, 1.82) is 0 Å². The van der Waals surface area contributed by atoms with E-state index in [0.29, 0.717) is 6.10 Å². The van der Waals surface area contributed by atoms with E-state index in [1.165, 1.54) is 38.5 Å². The molecule has 1 fully saturated rings. The topological polar surface area (TPSA) is 52.0 Å². The number of aromatic nitrogens is 3. The zero-order valence-corrected chi connectivity index (χ0v) is 13.8. The molecule has 1 N–H and O–H groups in total. The van der Waals surface area contributed by atoms with E-state index in [4.69, 9.17) is 4.74 Å². The highest BCUT2D eigenvalue weighted by Crippen LogP contribution is 2.19. The van der Waals surface area contributed by atoms with Gasteiger partial charge in [0.25, 0.3) is 0 Å². The van der Waals surface area contributed by atoms with Crippen LogP contribution in [0.15, 0.2) is 6.20 Å². The fourth-order valence-corrected chi connectivity index (χ4v) is 2.61. The summed E-state index contributed by atoms with van der Waals surface area (Å²) in [6.45, 7) is 8.74. The van der Waals surface area contributed by atoms with E-state index in [2.05, 4.69) is 36.4 Å². The number of hydrogen-bond donors (Lipinski definition) is 1. The standard InChI is InChI=1S/C16H30N4O/c1-16(2,3)17-12-14-13-20(19-18-14)10-11-21-15-8-6-4-5-7-9-15/h13,15,17H,4-12H2,1-3H3. The summed E-state index contributed by atoms with van der Waals surface area (Å²) in [6, 6.07) is 0. The molecule has 0 saturated heterocycles. The first-order chi connectivity index (χ1) is 10.0. The zero-order chi connectivity index (χ0) is 15.1. The average Bonchev–Trinajstić information content (AvgIpc) is 2.70. The number of ether oxygens (including phenoxy) is 1. The molecular weight excluding hydrogens is 264 g/mol. The molecule has 1 aliphatic rings. The molecule has 1 heterocycles. The molecule has 1 aromatic heterocycles. The lowest BCUT2D eigenvalue weighted by Gasteiger charge is -2.19.